The van der Waals surface area contributed by atoms with Gasteiger partial charge in [-0.05, 0) is 18.6 Å². The molecule has 2 aromatic rings. The van der Waals surface area contributed by atoms with Crippen molar-refractivity contribution in [2.24, 2.45) is 5.84 Å². The van der Waals surface area contributed by atoms with E-state index < -0.39 is 0 Å². The van der Waals surface area contributed by atoms with Gasteiger partial charge in [0.2, 0.25) is 0 Å². The first-order valence-electron chi connectivity index (χ1n) is 5.90. The standard InChI is InChI=1S/C12H18N4OS/c1-3-6-16-10(4-5-14-16)12(15-13)11-7-9(17-2)8-18-11/h4-5,7-8,12,15H,3,6,13H2,1-2H3. The maximum absolute atomic E-state index is 5.69. The van der Waals surface area contributed by atoms with Crippen LogP contribution < -0.4 is 16.0 Å². The van der Waals surface area contributed by atoms with Crippen molar-refractivity contribution in [3.8, 4) is 5.75 Å². The number of hydrogen-bond acceptors (Lipinski definition) is 5. The molecule has 0 bridgehead atoms. The van der Waals surface area contributed by atoms with Crippen molar-refractivity contribution in [3.05, 3.63) is 34.3 Å². The molecular weight excluding hydrogens is 248 g/mol. The number of rotatable bonds is 6. The third-order valence-corrected chi connectivity index (χ3v) is 3.74. The second-order valence-electron chi connectivity index (χ2n) is 3.97. The highest BCUT2D eigenvalue weighted by Crippen LogP contribution is 2.30. The largest absolute Gasteiger partial charge is 0.496 e. The summed E-state index contributed by atoms with van der Waals surface area (Å²) in [7, 11) is 1.66. The maximum Gasteiger partial charge on any atom is 0.129 e. The van der Waals surface area contributed by atoms with E-state index in [1.807, 2.05) is 22.2 Å². The first kappa shape index (κ1) is 13.1. The molecule has 98 valence electrons. The highest BCUT2D eigenvalue weighted by Gasteiger charge is 2.18. The Morgan fingerprint density at radius 3 is 3.06 bits per heavy atom. The van der Waals surface area contributed by atoms with Gasteiger partial charge < -0.3 is 4.74 Å². The van der Waals surface area contributed by atoms with Gasteiger partial charge in [0, 0.05) is 23.0 Å². The van der Waals surface area contributed by atoms with Gasteiger partial charge in [-0.15, -0.1) is 11.3 Å². The topological polar surface area (TPSA) is 65.1 Å². The smallest absolute Gasteiger partial charge is 0.129 e. The van der Waals surface area contributed by atoms with Crippen LogP contribution in [0.1, 0.15) is 30.0 Å². The van der Waals surface area contributed by atoms with E-state index in [1.54, 1.807) is 24.6 Å². The summed E-state index contributed by atoms with van der Waals surface area (Å²) in [6.45, 7) is 3.02. The summed E-state index contributed by atoms with van der Waals surface area (Å²) in [5, 5.41) is 6.29. The van der Waals surface area contributed by atoms with E-state index in [0.717, 1.165) is 29.3 Å². The first-order valence-corrected chi connectivity index (χ1v) is 6.78. The molecule has 0 fully saturated rings. The fourth-order valence-electron chi connectivity index (χ4n) is 1.89. The van der Waals surface area contributed by atoms with E-state index in [2.05, 4.69) is 17.4 Å². The predicted molar refractivity (Wildman–Crippen MR) is 72.6 cm³/mol. The summed E-state index contributed by atoms with van der Waals surface area (Å²) in [5.74, 6) is 6.54. The van der Waals surface area contributed by atoms with E-state index in [4.69, 9.17) is 10.6 Å². The molecule has 1 unspecified atom stereocenters. The molecular formula is C12H18N4OS. The molecule has 0 aromatic carbocycles. The summed E-state index contributed by atoms with van der Waals surface area (Å²) < 4.78 is 7.19. The lowest BCUT2D eigenvalue weighted by atomic mass is 10.2. The number of aromatic nitrogens is 2. The molecule has 0 amide bonds. The average molecular weight is 266 g/mol. The summed E-state index contributed by atoms with van der Waals surface area (Å²) in [5.41, 5.74) is 3.92. The van der Waals surface area contributed by atoms with Crippen LogP contribution in [0.4, 0.5) is 0 Å². The molecule has 0 aliphatic rings. The third-order valence-electron chi connectivity index (χ3n) is 2.76. The van der Waals surface area contributed by atoms with Gasteiger partial charge in [-0.1, -0.05) is 6.92 Å². The molecule has 2 aromatic heterocycles. The Kier molecular flexibility index (Phi) is 4.35. The minimum absolute atomic E-state index is 0.0482. The Morgan fingerprint density at radius 2 is 2.44 bits per heavy atom. The van der Waals surface area contributed by atoms with Crippen molar-refractivity contribution < 1.29 is 4.74 Å². The van der Waals surface area contributed by atoms with Gasteiger partial charge in [0.25, 0.3) is 0 Å². The molecule has 0 saturated heterocycles. The quantitative estimate of drug-likeness (QED) is 0.619. The summed E-state index contributed by atoms with van der Waals surface area (Å²) in [6, 6.07) is 3.94. The molecule has 2 heterocycles. The normalized spacial score (nSPS) is 12.6. The van der Waals surface area contributed by atoms with Crippen LogP contribution in [0, 0.1) is 0 Å². The Labute approximate surface area is 111 Å². The first-order chi connectivity index (χ1) is 8.80. The van der Waals surface area contributed by atoms with E-state index in [-0.39, 0.29) is 6.04 Å². The number of thiophene rings is 1. The van der Waals surface area contributed by atoms with E-state index >= 15 is 0 Å². The van der Waals surface area contributed by atoms with E-state index in [0.29, 0.717) is 0 Å². The number of hydrazine groups is 1. The molecule has 18 heavy (non-hydrogen) atoms. The molecule has 5 nitrogen and oxygen atoms in total. The van der Waals surface area contributed by atoms with Gasteiger partial charge in [-0.3, -0.25) is 10.5 Å². The number of aryl methyl sites for hydroxylation is 1. The monoisotopic (exact) mass is 266 g/mol. The number of ether oxygens (including phenoxy) is 1. The van der Waals surface area contributed by atoms with Gasteiger partial charge in [-0.25, -0.2) is 5.43 Å². The second kappa shape index (κ2) is 5.99. The highest BCUT2D eigenvalue weighted by atomic mass is 32.1. The van der Waals surface area contributed by atoms with Crippen molar-refractivity contribution in [2.75, 3.05) is 7.11 Å². The molecule has 3 N–H and O–H groups in total. The summed E-state index contributed by atoms with van der Waals surface area (Å²) >= 11 is 1.62. The Morgan fingerprint density at radius 1 is 1.61 bits per heavy atom. The fraction of sp³-hybridized carbons (Fsp3) is 0.417. The summed E-state index contributed by atoms with van der Waals surface area (Å²) in [4.78, 5) is 1.12. The summed E-state index contributed by atoms with van der Waals surface area (Å²) in [6.07, 6.45) is 2.85. The van der Waals surface area contributed by atoms with Crippen molar-refractivity contribution in [1.82, 2.24) is 15.2 Å². The van der Waals surface area contributed by atoms with Crippen LogP contribution in [-0.2, 0) is 6.54 Å². The molecule has 2 rings (SSSR count). The molecule has 0 aliphatic carbocycles. The van der Waals surface area contributed by atoms with Crippen molar-refractivity contribution in [1.29, 1.82) is 0 Å². The van der Waals surface area contributed by atoms with Crippen LogP contribution in [-0.4, -0.2) is 16.9 Å². The second-order valence-corrected chi connectivity index (χ2v) is 4.91. The number of hydrogen-bond donors (Lipinski definition) is 2. The number of methoxy groups -OCH3 is 1. The SMILES string of the molecule is CCCn1nccc1C(NN)c1cc(OC)cs1. The Hall–Kier alpha value is -1.37. The molecule has 0 spiro atoms. The van der Waals surface area contributed by atoms with Crippen molar-refractivity contribution in [3.63, 3.8) is 0 Å². The Bertz CT molecular complexity index is 494. The minimum Gasteiger partial charge on any atom is -0.496 e. The van der Waals surface area contributed by atoms with Gasteiger partial charge >= 0.3 is 0 Å². The van der Waals surface area contributed by atoms with Gasteiger partial charge in [0.15, 0.2) is 0 Å². The van der Waals surface area contributed by atoms with Crippen LogP contribution in [0.5, 0.6) is 5.75 Å². The molecule has 0 saturated carbocycles. The zero-order valence-electron chi connectivity index (χ0n) is 10.6. The predicted octanol–water partition coefficient (Wildman–Crippen LogP) is 1.92. The Balaban J connectivity index is 2.29. The number of nitrogens with one attached hydrogen (secondary N) is 1. The maximum atomic E-state index is 5.69. The molecule has 1 atom stereocenters. The molecule has 0 aliphatic heterocycles. The minimum atomic E-state index is -0.0482. The zero-order valence-corrected chi connectivity index (χ0v) is 11.4. The lowest BCUT2D eigenvalue weighted by Crippen LogP contribution is -2.30. The van der Waals surface area contributed by atoms with Crippen LogP contribution in [0.15, 0.2) is 23.7 Å². The van der Waals surface area contributed by atoms with Gasteiger partial charge in [0.1, 0.15) is 5.75 Å². The van der Waals surface area contributed by atoms with Gasteiger partial charge in [0.05, 0.1) is 18.8 Å². The van der Waals surface area contributed by atoms with Crippen LogP contribution in [0.25, 0.3) is 0 Å². The zero-order chi connectivity index (χ0) is 13.0. The van der Waals surface area contributed by atoms with Crippen LogP contribution >= 0.6 is 11.3 Å². The number of nitrogens with two attached hydrogens (primary N) is 1. The van der Waals surface area contributed by atoms with E-state index in [9.17, 15) is 0 Å². The van der Waals surface area contributed by atoms with Crippen molar-refractivity contribution >= 4 is 11.3 Å². The average Bonchev–Trinajstić information content (AvgIpc) is 3.01. The van der Waals surface area contributed by atoms with Crippen LogP contribution in [0.2, 0.25) is 0 Å². The van der Waals surface area contributed by atoms with Crippen LogP contribution in [0.3, 0.4) is 0 Å². The molecule has 6 heteroatoms. The highest BCUT2D eigenvalue weighted by molar-refractivity contribution is 7.10. The van der Waals surface area contributed by atoms with E-state index in [1.165, 1.54) is 0 Å². The molecule has 0 radical (unpaired) electrons. The van der Waals surface area contributed by atoms with Gasteiger partial charge in [-0.2, -0.15) is 5.10 Å². The number of nitrogens with zero attached hydrogens (tertiary/aromatic N) is 2. The third kappa shape index (κ3) is 2.55. The lowest BCUT2D eigenvalue weighted by molar-refractivity contribution is 0.416. The lowest BCUT2D eigenvalue weighted by Gasteiger charge is -2.16. The fourth-order valence-corrected chi connectivity index (χ4v) is 2.82. The van der Waals surface area contributed by atoms with Crippen molar-refractivity contribution in [2.45, 2.75) is 25.9 Å².